The van der Waals surface area contributed by atoms with Gasteiger partial charge in [-0.05, 0) is 36.2 Å². The molecule has 4 heteroatoms. The van der Waals surface area contributed by atoms with Crippen molar-refractivity contribution in [2.45, 2.75) is 26.3 Å². The van der Waals surface area contributed by atoms with Gasteiger partial charge in [0, 0.05) is 24.2 Å². The van der Waals surface area contributed by atoms with Crippen LogP contribution in [0.5, 0.6) is 0 Å². The summed E-state index contributed by atoms with van der Waals surface area (Å²) in [5.74, 6) is 0.0620. The first kappa shape index (κ1) is 16.1. The number of hydrogen-bond acceptors (Lipinski definition) is 3. The van der Waals surface area contributed by atoms with Crippen LogP contribution in [-0.2, 0) is 11.3 Å². The van der Waals surface area contributed by atoms with Gasteiger partial charge in [0.15, 0.2) is 0 Å². The lowest BCUT2D eigenvalue weighted by atomic mass is 10.1. The Morgan fingerprint density at radius 3 is 2.42 bits per heavy atom. The zero-order valence-corrected chi connectivity index (χ0v) is 13.7. The molecular formula is C20H20N2O2. The number of ketones is 1. The molecule has 0 radical (unpaired) electrons. The molecule has 1 unspecified atom stereocenters. The van der Waals surface area contributed by atoms with E-state index >= 15 is 0 Å². The third-order valence-electron chi connectivity index (χ3n) is 4.31. The van der Waals surface area contributed by atoms with E-state index in [0.717, 1.165) is 23.4 Å². The van der Waals surface area contributed by atoms with Crippen molar-refractivity contribution < 1.29 is 9.59 Å². The third-order valence-corrected chi connectivity index (χ3v) is 4.31. The summed E-state index contributed by atoms with van der Waals surface area (Å²) >= 11 is 0. The molecule has 1 aliphatic carbocycles. The highest BCUT2D eigenvalue weighted by Crippen LogP contribution is 2.23. The molecular weight excluding hydrogens is 300 g/mol. The first-order valence-electron chi connectivity index (χ1n) is 8.16. The fourth-order valence-electron chi connectivity index (χ4n) is 2.76. The second-order valence-electron chi connectivity index (χ2n) is 6.01. The molecule has 2 aromatic carbocycles. The molecule has 122 valence electrons. The predicted octanol–water partition coefficient (Wildman–Crippen LogP) is 3.69. The van der Waals surface area contributed by atoms with E-state index in [2.05, 4.69) is 10.3 Å². The predicted molar refractivity (Wildman–Crippen MR) is 94.6 cm³/mol. The molecule has 0 heterocycles. The molecule has 24 heavy (non-hydrogen) atoms. The van der Waals surface area contributed by atoms with E-state index in [1.165, 1.54) is 0 Å². The maximum atomic E-state index is 12.2. The maximum Gasteiger partial charge on any atom is 0.251 e. The first-order chi connectivity index (χ1) is 11.6. The molecule has 0 aromatic heterocycles. The van der Waals surface area contributed by atoms with Crippen molar-refractivity contribution >= 4 is 23.1 Å². The highest BCUT2D eigenvalue weighted by molar-refractivity contribution is 6.11. The Morgan fingerprint density at radius 1 is 1.08 bits per heavy atom. The zero-order valence-electron chi connectivity index (χ0n) is 13.7. The molecule has 4 nitrogen and oxygen atoms in total. The SMILES string of the molecule is CC1C(=O)CCC1=Nc1ccc(C(=O)NCc2ccccc2)cc1. The molecule has 1 atom stereocenters. The van der Waals surface area contributed by atoms with Gasteiger partial charge in [-0.3, -0.25) is 14.6 Å². The molecule has 0 aliphatic heterocycles. The van der Waals surface area contributed by atoms with Crippen LogP contribution in [0.4, 0.5) is 5.69 Å². The summed E-state index contributed by atoms with van der Waals surface area (Å²) in [6.45, 7) is 2.41. The topological polar surface area (TPSA) is 58.5 Å². The largest absolute Gasteiger partial charge is 0.348 e. The number of benzene rings is 2. The van der Waals surface area contributed by atoms with Crippen LogP contribution in [0.3, 0.4) is 0 Å². The van der Waals surface area contributed by atoms with Crippen LogP contribution in [0.1, 0.15) is 35.7 Å². The van der Waals surface area contributed by atoms with E-state index in [1.54, 1.807) is 12.1 Å². The lowest BCUT2D eigenvalue weighted by Crippen LogP contribution is -2.22. The van der Waals surface area contributed by atoms with Gasteiger partial charge in [0.2, 0.25) is 0 Å². The van der Waals surface area contributed by atoms with E-state index in [4.69, 9.17) is 0 Å². The Hall–Kier alpha value is -2.75. The summed E-state index contributed by atoms with van der Waals surface area (Å²) in [5.41, 5.74) is 3.38. The monoisotopic (exact) mass is 320 g/mol. The Kier molecular flexibility index (Phi) is 4.85. The van der Waals surface area contributed by atoms with Gasteiger partial charge >= 0.3 is 0 Å². The molecule has 0 spiro atoms. The van der Waals surface area contributed by atoms with E-state index in [0.29, 0.717) is 18.5 Å². The van der Waals surface area contributed by atoms with Crippen molar-refractivity contribution in [2.24, 2.45) is 10.9 Å². The van der Waals surface area contributed by atoms with Crippen LogP contribution < -0.4 is 5.32 Å². The van der Waals surface area contributed by atoms with Crippen molar-refractivity contribution in [1.82, 2.24) is 5.32 Å². The summed E-state index contributed by atoms with van der Waals surface area (Å²) in [6, 6.07) is 17.0. The molecule has 0 saturated heterocycles. The van der Waals surface area contributed by atoms with Crippen LogP contribution in [0.25, 0.3) is 0 Å². The quantitative estimate of drug-likeness (QED) is 0.934. The van der Waals surface area contributed by atoms with Crippen molar-refractivity contribution in [3.8, 4) is 0 Å². The summed E-state index contributed by atoms with van der Waals surface area (Å²) in [7, 11) is 0. The number of rotatable bonds is 4. The highest BCUT2D eigenvalue weighted by Gasteiger charge is 2.26. The van der Waals surface area contributed by atoms with Crippen molar-refractivity contribution in [1.29, 1.82) is 0 Å². The van der Waals surface area contributed by atoms with Gasteiger partial charge in [-0.25, -0.2) is 0 Å². The number of hydrogen-bond donors (Lipinski definition) is 1. The van der Waals surface area contributed by atoms with E-state index in [-0.39, 0.29) is 17.6 Å². The molecule has 2 aromatic rings. The average Bonchev–Trinajstić information content (AvgIpc) is 2.93. The molecule has 0 bridgehead atoms. The average molecular weight is 320 g/mol. The van der Waals surface area contributed by atoms with Gasteiger partial charge in [-0.2, -0.15) is 0 Å². The second-order valence-corrected chi connectivity index (χ2v) is 6.01. The number of carbonyl (C=O) groups is 2. The van der Waals surface area contributed by atoms with Gasteiger partial charge in [-0.15, -0.1) is 0 Å². The lowest BCUT2D eigenvalue weighted by Gasteiger charge is -2.06. The number of Topliss-reactive ketones (excluding diaryl/α,β-unsaturated/α-hetero) is 1. The van der Waals surface area contributed by atoms with Crippen LogP contribution in [0.2, 0.25) is 0 Å². The Balaban J connectivity index is 1.63. The van der Waals surface area contributed by atoms with Gasteiger partial charge in [0.05, 0.1) is 11.6 Å². The first-order valence-corrected chi connectivity index (χ1v) is 8.16. The molecule has 1 saturated carbocycles. The number of nitrogens with one attached hydrogen (secondary N) is 1. The lowest BCUT2D eigenvalue weighted by molar-refractivity contribution is -0.119. The molecule has 1 amide bonds. The second kappa shape index (κ2) is 7.21. The highest BCUT2D eigenvalue weighted by atomic mass is 16.1. The van der Waals surface area contributed by atoms with Gasteiger partial charge < -0.3 is 5.32 Å². The van der Waals surface area contributed by atoms with Crippen LogP contribution >= 0.6 is 0 Å². The normalized spacial score (nSPS) is 18.8. The Labute approximate surface area is 141 Å². The number of carbonyl (C=O) groups excluding carboxylic acids is 2. The smallest absolute Gasteiger partial charge is 0.251 e. The van der Waals surface area contributed by atoms with Gasteiger partial charge in [0.25, 0.3) is 5.91 Å². The summed E-state index contributed by atoms with van der Waals surface area (Å²) < 4.78 is 0. The molecule has 1 N–H and O–H groups in total. The molecule has 3 rings (SSSR count). The minimum absolute atomic E-state index is 0.0844. The molecule has 1 fully saturated rings. The van der Waals surface area contributed by atoms with Crippen LogP contribution in [0.15, 0.2) is 59.6 Å². The summed E-state index contributed by atoms with van der Waals surface area (Å²) in [4.78, 5) is 28.3. The Morgan fingerprint density at radius 2 is 1.79 bits per heavy atom. The fraction of sp³-hybridized carbons (Fsp3) is 0.250. The number of aliphatic imine (C=N–C) groups is 1. The maximum absolute atomic E-state index is 12.2. The van der Waals surface area contributed by atoms with Crippen LogP contribution in [-0.4, -0.2) is 17.4 Å². The van der Waals surface area contributed by atoms with E-state index < -0.39 is 0 Å². The Bertz CT molecular complexity index is 764. The van der Waals surface area contributed by atoms with Crippen molar-refractivity contribution in [3.63, 3.8) is 0 Å². The molecule has 1 aliphatic rings. The van der Waals surface area contributed by atoms with Crippen LogP contribution in [0, 0.1) is 5.92 Å². The number of nitrogens with zero attached hydrogens (tertiary/aromatic N) is 1. The van der Waals surface area contributed by atoms with Gasteiger partial charge in [-0.1, -0.05) is 37.3 Å². The van der Waals surface area contributed by atoms with Gasteiger partial charge in [0.1, 0.15) is 5.78 Å². The van der Waals surface area contributed by atoms with Crippen molar-refractivity contribution in [3.05, 3.63) is 65.7 Å². The number of amides is 1. The van der Waals surface area contributed by atoms with E-state index in [1.807, 2.05) is 49.4 Å². The zero-order chi connectivity index (χ0) is 16.9. The van der Waals surface area contributed by atoms with Crippen molar-refractivity contribution in [2.75, 3.05) is 0 Å². The minimum Gasteiger partial charge on any atom is -0.348 e. The minimum atomic E-state index is -0.109. The van der Waals surface area contributed by atoms with E-state index in [9.17, 15) is 9.59 Å². The summed E-state index contributed by atoms with van der Waals surface area (Å²) in [6.07, 6.45) is 1.32. The fourth-order valence-corrected chi connectivity index (χ4v) is 2.76. The third kappa shape index (κ3) is 3.77. The summed E-state index contributed by atoms with van der Waals surface area (Å²) in [5, 5.41) is 2.90. The standard InChI is InChI=1S/C20H20N2O2/c1-14-18(11-12-19(14)23)22-17-9-7-16(8-10-17)20(24)21-13-15-5-3-2-4-6-15/h2-10,14H,11-13H2,1H3,(H,21,24).